The van der Waals surface area contributed by atoms with Crippen LogP contribution in [0.15, 0.2) is 54.6 Å². The van der Waals surface area contributed by atoms with E-state index in [1.54, 1.807) is 13.8 Å². The first-order chi connectivity index (χ1) is 9.97. The van der Waals surface area contributed by atoms with Crippen molar-refractivity contribution < 1.29 is 9.90 Å². The van der Waals surface area contributed by atoms with Crippen molar-refractivity contribution in [3.63, 3.8) is 0 Å². The van der Waals surface area contributed by atoms with Crippen LogP contribution in [0.3, 0.4) is 0 Å². The largest absolute Gasteiger partial charge is 0.481 e. The third-order valence-electron chi connectivity index (χ3n) is 3.89. The SMILES string of the molecule is CC(C)(CCc1ccc(Cc2ccccc2)cc1)C(=O)O. The van der Waals surface area contributed by atoms with E-state index >= 15 is 0 Å². The van der Waals surface area contributed by atoms with Gasteiger partial charge in [-0.3, -0.25) is 4.79 Å². The first-order valence-electron chi connectivity index (χ1n) is 7.32. The number of carboxylic acids is 1. The van der Waals surface area contributed by atoms with Crippen LogP contribution in [0.4, 0.5) is 0 Å². The lowest BCUT2D eigenvalue weighted by Gasteiger charge is -2.18. The molecule has 0 saturated carbocycles. The summed E-state index contributed by atoms with van der Waals surface area (Å²) < 4.78 is 0. The molecule has 0 saturated heterocycles. The Balaban J connectivity index is 1.95. The summed E-state index contributed by atoms with van der Waals surface area (Å²) in [6.07, 6.45) is 2.38. The predicted molar refractivity (Wildman–Crippen MR) is 85.4 cm³/mol. The Bertz CT molecular complexity index is 583. The molecule has 2 heteroatoms. The van der Waals surface area contributed by atoms with Gasteiger partial charge in [0, 0.05) is 0 Å². The summed E-state index contributed by atoms with van der Waals surface area (Å²) in [6, 6.07) is 18.9. The molecule has 0 spiro atoms. The lowest BCUT2D eigenvalue weighted by molar-refractivity contribution is -0.147. The summed E-state index contributed by atoms with van der Waals surface area (Å²) >= 11 is 0. The van der Waals surface area contributed by atoms with E-state index < -0.39 is 11.4 Å². The van der Waals surface area contributed by atoms with Gasteiger partial charge in [0.05, 0.1) is 5.41 Å². The van der Waals surface area contributed by atoms with E-state index in [0.717, 1.165) is 12.8 Å². The molecule has 0 heterocycles. The molecular weight excluding hydrogens is 260 g/mol. The van der Waals surface area contributed by atoms with E-state index in [2.05, 4.69) is 48.5 Å². The fourth-order valence-electron chi connectivity index (χ4n) is 2.22. The van der Waals surface area contributed by atoms with Crippen molar-refractivity contribution in [1.29, 1.82) is 0 Å². The summed E-state index contributed by atoms with van der Waals surface area (Å²) in [7, 11) is 0. The van der Waals surface area contributed by atoms with Crippen molar-refractivity contribution in [2.45, 2.75) is 33.1 Å². The van der Waals surface area contributed by atoms with E-state index in [1.807, 2.05) is 6.07 Å². The molecule has 0 atom stereocenters. The predicted octanol–water partition coefficient (Wildman–Crippen LogP) is 4.32. The average molecular weight is 282 g/mol. The van der Waals surface area contributed by atoms with Gasteiger partial charge in [-0.25, -0.2) is 0 Å². The van der Waals surface area contributed by atoms with Gasteiger partial charge in [0.1, 0.15) is 0 Å². The van der Waals surface area contributed by atoms with Crippen molar-refractivity contribution in [3.8, 4) is 0 Å². The van der Waals surface area contributed by atoms with Crippen molar-refractivity contribution in [2.24, 2.45) is 5.41 Å². The molecule has 0 bridgehead atoms. The van der Waals surface area contributed by atoms with Gasteiger partial charge in [-0.2, -0.15) is 0 Å². The number of aliphatic carboxylic acids is 1. The molecule has 2 rings (SSSR count). The Kier molecular flexibility index (Phi) is 4.79. The van der Waals surface area contributed by atoms with E-state index in [-0.39, 0.29) is 0 Å². The van der Waals surface area contributed by atoms with Gasteiger partial charge in [-0.05, 0) is 49.8 Å². The quantitative estimate of drug-likeness (QED) is 0.856. The highest BCUT2D eigenvalue weighted by Gasteiger charge is 2.26. The Morgan fingerprint density at radius 2 is 1.43 bits per heavy atom. The van der Waals surface area contributed by atoms with Gasteiger partial charge in [0.15, 0.2) is 0 Å². The molecule has 0 radical (unpaired) electrons. The molecule has 0 fully saturated rings. The molecule has 2 nitrogen and oxygen atoms in total. The van der Waals surface area contributed by atoms with Crippen LogP contribution in [0.2, 0.25) is 0 Å². The Labute approximate surface area is 126 Å². The zero-order valence-corrected chi connectivity index (χ0v) is 12.7. The minimum atomic E-state index is -0.733. The molecule has 0 aromatic heterocycles. The smallest absolute Gasteiger partial charge is 0.309 e. The second kappa shape index (κ2) is 6.57. The van der Waals surface area contributed by atoms with Crippen molar-refractivity contribution in [1.82, 2.24) is 0 Å². The lowest BCUT2D eigenvalue weighted by Crippen LogP contribution is -2.24. The number of rotatable bonds is 6. The second-order valence-corrected chi connectivity index (χ2v) is 6.17. The van der Waals surface area contributed by atoms with Crippen LogP contribution < -0.4 is 0 Å². The van der Waals surface area contributed by atoms with Crippen molar-refractivity contribution in [3.05, 3.63) is 71.3 Å². The molecule has 0 unspecified atom stereocenters. The van der Waals surface area contributed by atoms with Crippen molar-refractivity contribution in [2.75, 3.05) is 0 Å². The van der Waals surface area contributed by atoms with Crippen LogP contribution >= 0.6 is 0 Å². The molecule has 0 aliphatic carbocycles. The molecule has 2 aromatic carbocycles. The van der Waals surface area contributed by atoms with Gasteiger partial charge in [-0.1, -0.05) is 54.6 Å². The third kappa shape index (κ3) is 4.45. The Hall–Kier alpha value is -2.09. The van der Waals surface area contributed by atoms with Gasteiger partial charge >= 0.3 is 5.97 Å². The van der Waals surface area contributed by atoms with E-state index in [0.29, 0.717) is 6.42 Å². The van der Waals surface area contributed by atoms with Crippen LogP contribution in [0, 0.1) is 5.41 Å². The fraction of sp³-hybridized carbons (Fsp3) is 0.316. The highest BCUT2D eigenvalue weighted by atomic mass is 16.4. The third-order valence-corrected chi connectivity index (χ3v) is 3.89. The molecule has 0 amide bonds. The highest BCUT2D eigenvalue weighted by molar-refractivity contribution is 5.73. The zero-order chi connectivity index (χ0) is 15.3. The van der Waals surface area contributed by atoms with Crippen LogP contribution in [-0.4, -0.2) is 11.1 Å². The van der Waals surface area contributed by atoms with Gasteiger partial charge in [0.2, 0.25) is 0 Å². The highest BCUT2D eigenvalue weighted by Crippen LogP contribution is 2.23. The number of hydrogen-bond acceptors (Lipinski definition) is 1. The summed E-state index contributed by atoms with van der Waals surface area (Å²) in [5.41, 5.74) is 3.11. The summed E-state index contributed by atoms with van der Waals surface area (Å²) in [5.74, 6) is -0.733. The Morgan fingerprint density at radius 1 is 0.905 bits per heavy atom. The number of benzene rings is 2. The zero-order valence-electron chi connectivity index (χ0n) is 12.7. The van der Waals surface area contributed by atoms with Gasteiger partial charge in [-0.15, -0.1) is 0 Å². The molecule has 1 N–H and O–H groups in total. The van der Waals surface area contributed by atoms with E-state index in [9.17, 15) is 4.79 Å². The molecular formula is C19H22O2. The maximum absolute atomic E-state index is 11.1. The Morgan fingerprint density at radius 3 is 2.00 bits per heavy atom. The van der Waals surface area contributed by atoms with E-state index in [1.165, 1.54) is 16.7 Å². The monoisotopic (exact) mass is 282 g/mol. The number of aryl methyl sites for hydroxylation is 1. The minimum absolute atomic E-state index is 0.653. The first kappa shape index (κ1) is 15.3. The van der Waals surface area contributed by atoms with Crippen LogP contribution in [0.5, 0.6) is 0 Å². The average Bonchev–Trinajstić information content (AvgIpc) is 2.47. The maximum Gasteiger partial charge on any atom is 0.309 e. The number of carbonyl (C=O) groups is 1. The molecule has 2 aromatic rings. The molecule has 110 valence electrons. The summed E-state index contributed by atoms with van der Waals surface area (Å²) in [5, 5.41) is 9.13. The number of carboxylic acid groups (broad SMARTS) is 1. The topological polar surface area (TPSA) is 37.3 Å². The number of hydrogen-bond donors (Lipinski definition) is 1. The van der Waals surface area contributed by atoms with Gasteiger partial charge < -0.3 is 5.11 Å². The van der Waals surface area contributed by atoms with Crippen LogP contribution in [0.1, 0.15) is 37.0 Å². The van der Waals surface area contributed by atoms with Crippen LogP contribution in [-0.2, 0) is 17.6 Å². The lowest BCUT2D eigenvalue weighted by atomic mass is 9.86. The second-order valence-electron chi connectivity index (χ2n) is 6.17. The fourth-order valence-corrected chi connectivity index (χ4v) is 2.22. The maximum atomic E-state index is 11.1. The normalized spacial score (nSPS) is 11.3. The van der Waals surface area contributed by atoms with Crippen LogP contribution in [0.25, 0.3) is 0 Å². The van der Waals surface area contributed by atoms with Crippen molar-refractivity contribution >= 4 is 5.97 Å². The standard InChI is InChI=1S/C19H22O2/c1-19(2,18(20)21)13-12-15-8-10-17(11-9-15)14-16-6-4-3-5-7-16/h3-11H,12-14H2,1-2H3,(H,20,21). The molecule has 0 aliphatic heterocycles. The summed E-state index contributed by atoms with van der Waals surface area (Å²) in [4.78, 5) is 11.1. The first-order valence-corrected chi connectivity index (χ1v) is 7.32. The molecule has 0 aliphatic rings. The minimum Gasteiger partial charge on any atom is -0.481 e. The van der Waals surface area contributed by atoms with Gasteiger partial charge in [0.25, 0.3) is 0 Å². The summed E-state index contributed by atoms with van der Waals surface area (Å²) in [6.45, 7) is 3.55. The molecule has 21 heavy (non-hydrogen) atoms. The van der Waals surface area contributed by atoms with E-state index in [4.69, 9.17) is 5.11 Å².